The molecule has 7 nitrogen and oxygen atoms in total. The minimum Gasteiger partial charge on any atom is -0.470 e. The van der Waals surface area contributed by atoms with Crippen LogP contribution in [0.3, 0.4) is 0 Å². The lowest BCUT2D eigenvalue weighted by molar-refractivity contribution is -0.386. The second-order valence-corrected chi connectivity index (χ2v) is 4.79. The molecule has 1 heterocycles. The summed E-state index contributed by atoms with van der Waals surface area (Å²) >= 11 is 0. The Hall–Kier alpha value is -1.63. The zero-order valence-electron chi connectivity index (χ0n) is 10.6. The van der Waals surface area contributed by atoms with Crippen LogP contribution in [0, 0.1) is 17.0 Å². The third-order valence-electron chi connectivity index (χ3n) is 3.27. The summed E-state index contributed by atoms with van der Waals surface area (Å²) in [4.78, 5) is 10.6. The van der Waals surface area contributed by atoms with Crippen LogP contribution in [0.25, 0.3) is 0 Å². The Morgan fingerprint density at radius 2 is 2.28 bits per heavy atom. The second kappa shape index (κ2) is 4.93. The Morgan fingerprint density at radius 1 is 1.56 bits per heavy atom. The standard InChI is InChI=1S/C11H18N4O3/c1-7-10(15(16)17)11(14(2)13-7)18-9-5-3-4-8(12)6-9/h8-9H,3-6,12H2,1-2H3. The minimum absolute atomic E-state index is 0.0448. The van der Waals surface area contributed by atoms with Crippen LogP contribution in [0.1, 0.15) is 31.4 Å². The number of aromatic nitrogens is 2. The zero-order chi connectivity index (χ0) is 13.3. The van der Waals surface area contributed by atoms with Gasteiger partial charge in [-0.15, -0.1) is 0 Å². The van der Waals surface area contributed by atoms with Gasteiger partial charge in [0, 0.05) is 13.1 Å². The molecule has 100 valence electrons. The van der Waals surface area contributed by atoms with Crippen LogP contribution in [0.2, 0.25) is 0 Å². The molecule has 2 N–H and O–H groups in total. The molecule has 0 saturated heterocycles. The van der Waals surface area contributed by atoms with E-state index in [4.69, 9.17) is 10.5 Å². The molecule has 18 heavy (non-hydrogen) atoms. The van der Waals surface area contributed by atoms with Gasteiger partial charge >= 0.3 is 5.69 Å². The van der Waals surface area contributed by atoms with Gasteiger partial charge < -0.3 is 10.5 Å². The first-order valence-electron chi connectivity index (χ1n) is 6.09. The number of aryl methyl sites for hydroxylation is 2. The second-order valence-electron chi connectivity index (χ2n) is 4.79. The van der Waals surface area contributed by atoms with Crippen LogP contribution < -0.4 is 10.5 Å². The Labute approximate surface area is 105 Å². The molecule has 1 saturated carbocycles. The first-order chi connectivity index (χ1) is 8.49. The number of nitrogens with zero attached hydrogens (tertiary/aromatic N) is 3. The van der Waals surface area contributed by atoms with E-state index in [1.807, 2.05) is 0 Å². The van der Waals surface area contributed by atoms with Gasteiger partial charge in [0.1, 0.15) is 11.8 Å². The molecule has 0 aliphatic heterocycles. The SMILES string of the molecule is Cc1nn(C)c(OC2CCCC(N)C2)c1[N+](=O)[O-]. The minimum atomic E-state index is -0.444. The van der Waals surface area contributed by atoms with E-state index in [1.165, 1.54) is 4.68 Å². The summed E-state index contributed by atoms with van der Waals surface area (Å²) < 4.78 is 7.17. The van der Waals surface area contributed by atoms with Crippen LogP contribution in [0.15, 0.2) is 0 Å². The number of hydrogen-bond acceptors (Lipinski definition) is 5. The van der Waals surface area contributed by atoms with Crippen molar-refractivity contribution < 1.29 is 9.66 Å². The smallest absolute Gasteiger partial charge is 0.353 e. The Morgan fingerprint density at radius 3 is 2.89 bits per heavy atom. The first-order valence-corrected chi connectivity index (χ1v) is 6.09. The highest BCUT2D eigenvalue weighted by Gasteiger charge is 2.29. The van der Waals surface area contributed by atoms with E-state index in [0.717, 1.165) is 25.7 Å². The van der Waals surface area contributed by atoms with Gasteiger partial charge in [0.05, 0.1) is 4.92 Å². The van der Waals surface area contributed by atoms with Gasteiger partial charge in [-0.05, 0) is 32.6 Å². The predicted molar refractivity (Wildman–Crippen MR) is 65.5 cm³/mol. The molecular weight excluding hydrogens is 236 g/mol. The fourth-order valence-corrected chi connectivity index (χ4v) is 2.41. The Kier molecular flexibility index (Phi) is 3.51. The molecule has 1 aliphatic rings. The summed E-state index contributed by atoms with van der Waals surface area (Å²) in [6, 6.07) is 0.122. The number of nitrogens with two attached hydrogens (primary N) is 1. The fraction of sp³-hybridized carbons (Fsp3) is 0.727. The number of rotatable bonds is 3. The molecule has 0 amide bonds. The van der Waals surface area contributed by atoms with Crippen molar-refractivity contribution in [2.24, 2.45) is 12.8 Å². The number of ether oxygens (including phenoxy) is 1. The Bertz CT molecular complexity index is 457. The lowest BCUT2D eigenvalue weighted by Gasteiger charge is -2.26. The maximum absolute atomic E-state index is 11.0. The molecule has 0 spiro atoms. The van der Waals surface area contributed by atoms with E-state index in [-0.39, 0.29) is 23.7 Å². The van der Waals surface area contributed by atoms with E-state index in [2.05, 4.69) is 5.10 Å². The summed E-state index contributed by atoms with van der Waals surface area (Å²) in [6.07, 6.45) is 3.56. The molecule has 2 unspecified atom stereocenters. The average Bonchev–Trinajstić information content (AvgIpc) is 2.53. The lowest BCUT2D eigenvalue weighted by atomic mass is 9.94. The summed E-state index contributed by atoms with van der Waals surface area (Å²) in [5, 5.41) is 15.0. The molecule has 2 atom stereocenters. The quantitative estimate of drug-likeness (QED) is 0.647. The molecule has 1 fully saturated rings. The van der Waals surface area contributed by atoms with Crippen molar-refractivity contribution in [2.45, 2.75) is 44.8 Å². The lowest BCUT2D eigenvalue weighted by Crippen LogP contribution is -2.34. The highest BCUT2D eigenvalue weighted by Crippen LogP contribution is 2.32. The molecule has 0 radical (unpaired) electrons. The molecule has 2 rings (SSSR count). The topological polar surface area (TPSA) is 96.2 Å². The molecule has 1 aromatic heterocycles. The van der Waals surface area contributed by atoms with Crippen LogP contribution in [0.5, 0.6) is 5.88 Å². The van der Waals surface area contributed by atoms with E-state index < -0.39 is 4.92 Å². The summed E-state index contributed by atoms with van der Waals surface area (Å²) in [5.74, 6) is 0.233. The van der Waals surface area contributed by atoms with E-state index in [1.54, 1.807) is 14.0 Å². The number of nitro groups is 1. The van der Waals surface area contributed by atoms with Crippen molar-refractivity contribution in [3.05, 3.63) is 15.8 Å². The van der Waals surface area contributed by atoms with Gasteiger partial charge in [-0.25, -0.2) is 4.68 Å². The van der Waals surface area contributed by atoms with Crippen LogP contribution in [-0.2, 0) is 7.05 Å². The van der Waals surface area contributed by atoms with E-state index in [0.29, 0.717) is 5.69 Å². The van der Waals surface area contributed by atoms with E-state index in [9.17, 15) is 10.1 Å². The zero-order valence-corrected chi connectivity index (χ0v) is 10.6. The van der Waals surface area contributed by atoms with Gasteiger partial charge in [0.2, 0.25) is 0 Å². The van der Waals surface area contributed by atoms with Crippen molar-refractivity contribution >= 4 is 5.69 Å². The van der Waals surface area contributed by atoms with Crippen molar-refractivity contribution in [1.29, 1.82) is 0 Å². The van der Waals surface area contributed by atoms with Gasteiger partial charge in [-0.2, -0.15) is 5.10 Å². The largest absolute Gasteiger partial charge is 0.470 e. The van der Waals surface area contributed by atoms with Crippen LogP contribution in [-0.4, -0.2) is 26.8 Å². The number of hydrogen-bond donors (Lipinski definition) is 1. The van der Waals surface area contributed by atoms with Crippen molar-refractivity contribution in [1.82, 2.24) is 9.78 Å². The van der Waals surface area contributed by atoms with Gasteiger partial charge in [-0.3, -0.25) is 10.1 Å². The monoisotopic (exact) mass is 254 g/mol. The van der Waals surface area contributed by atoms with Gasteiger partial charge in [-0.1, -0.05) is 0 Å². The van der Waals surface area contributed by atoms with Crippen LogP contribution >= 0.6 is 0 Å². The summed E-state index contributed by atoms with van der Waals surface area (Å²) in [6.45, 7) is 1.61. The molecule has 1 aliphatic carbocycles. The summed E-state index contributed by atoms with van der Waals surface area (Å²) in [7, 11) is 1.65. The average molecular weight is 254 g/mol. The highest BCUT2D eigenvalue weighted by molar-refractivity contribution is 5.45. The third kappa shape index (κ3) is 2.45. The maximum atomic E-state index is 11.0. The molecule has 0 aromatic carbocycles. The molecular formula is C11H18N4O3. The van der Waals surface area contributed by atoms with E-state index >= 15 is 0 Å². The predicted octanol–water partition coefficient (Wildman–Crippen LogP) is 1.29. The summed E-state index contributed by atoms with van der Waals surface area (Å²) in [5.41, 5.74) is 6.21. The van der Waals surface area contributed by atoms with Gasteiger partial charge in [0.25, 0.3) is 5.88 Å². The van der Waals surface area contributed by atoms with Crippen molar-refractivity contribution in [3.63, 3.8) is 0 Å². The molecule has 7 heteroatoms. The highest BCUT2D eigenvalue weighted by atomic mass is 16.6. The third-order valence-corrected chi connectivity index (χ3v) is 3.27. The van der Waals surface area contributed by atoms with Crippen LogP contribution in [0.4, 0.5) is 5.69 Å². The Balaban J connectivity index is 2.20. The normalized spacial score (nSPS) is 23.9. The van der Waals surface area contributed by atoms with Gasteiger partial charge in [0.15, 0.2) is 0 Å². The first kappa shape index (κ1) is 12.8. The maximum Gasteiger partial charge on any atom is 0.353 e. The molecule has 1 aromatic rings. The molecule has 0 bridgehead atoms. The van der Waals surface area contributed by atoms with Crippen molar-refractivity contribution in [2.75, 3.05) is 0 Å². The fourth-order valence-electron chi connectivity index (χ4n) is 2.41. The van der Waals surface area contributed by atoms with Crippen molar-refractivity contribution in [3.8, 4) is 5.88 Å².